The van der Waals surface area contributed by atoms with Crippen LogP contribution in [0.25, 0.3) is 6.08 Å². The molecular formula is C25H34N4O2S2. The summed E-state index contributed by atoms with van der Waals surface area (Å²) in [6.07, 6.45) is 5.63. The van der Waals surface area contributed by atoms with Gasteiger partial charge in [0.2, 0.25) is 0 Å². The Labute approximate surface area is 206 Å². The summed E-state index contributed by atoms with van der Waals surface area (Å²) in [4.78, 5) is 31.0. The summed E-state index contributed by atoms with van der Waals surface area (Å²) in [6.45, 7) is 13.2. The van der Waals surface area contributed by atoms with Gasteiger partial charge in [0.05, 0.1) is 4.91 Å². The third-order valence-electron chi connectivity index (χ3n) is 6.35. The zero-order chi connectivity index (χ0) is 24.3. The predicted molar refractivity (Wildman–Crippen MR) is 140 cm³/mol. The molecule has 2 aliphatic heterocycles. The molecule has 0 spiro atoms. The average Bonchev–Trinajstić information content (AvgIpc) is 3.02. The van der Waals surface area contributed by atoms with E-state index in [1.165, 1.54) is 11.8 Å². The number of hydrogen-bond donors (Lipinski definition) is 0. The van der Waals surface area contributed by atoms with Crippen LogP contribution in [0, 0.1) is 30.1 Å². The van der Waals surface area contributed by atoms with Crippen LogP contribution in [0.4, 0.5) is 5.82 Å². The zero-order valence-electron chi connectivity index (χ0n) is 20.3. The van der Waals surface area contributed by atoms with E-state index in [4.69, 9.17) is 12.2 Å². The van der Waals surface area contributed by atoms with Crippen molar-refractivity contribution in [3.63, 3.8) is 0 Å². The first-order valence-electron chi connectivity index (χ1n) is 11.9. The van der Waals surface area contributed by atoms with Crippen LogP contribution in [-0.4, -0.2) is 39.3 Å². The van der Waals surface area contributed by atoms with Gasteiger partial charge in [-0.05, 0) is 49.7 Å². The minimum atomic E-state index is -0.236. The van der Waals surface area contributed by atoms with Crippen molar-refractivity contribution in [2.45, 2.75) is 66.8 Å². The highest BCUT2D eigenvalue weighted by molar-refractivity contribution is 8.26. The number of unbranched alkanes of at least 4 members (excludes halogenated alkanes) is 1. The Morgan fingerprint density at radius 3 is 2.39 bits per heavy atom. The fraction of sp³-hybridized carbons (Fsp3) is 0.600. The molecule has 6 nitrogen and oxygen atoms in total. The second kappa shape index (κ2) is 10.9. The molecule has 1 aromatic heterocycles. The van der Waals surface area contributed by atoms with Crippen molar-refractivity contribution in [3.8, 4) is 6.07 Å². The number of thioether (sulfide) groups is 1. The lowest BCUT2D eigenvalue weighted by Gasteiger charge is -2.39. The highest BCUT2D eigenvalue weighted by Crippen LogP contribution is 2.37. The molecule has 0 radical (unpaired) electrons. The smallest absolute Gasteiger partial charge is 0.270 e. The van der Waals surface area contributed by atoms with Crippen molar-refractivity contribution in [1.82, 2.24) is 9.47 Å². The van der Waals surface area contributed by atoms with Gasteiger partial charge >= 0.3 is 0 Å². The summed E-state index contributed by atoms with van der Waals surface area (Å²) in [5, 5.41) is 9.83. The minimum absolute atomic E-state index is 0.0950. The molecule has 2 unspecified atom stereocenters. The molecule has 2 atom stereocenters. The van der Waals surface area contributed by atoms with Gasteiger partial charge < -0.3 is 4.90 Å². The summed E-state index contributed by atoms with van der Waals surface area (Å²) in [7, 11) is 0. The van der Waals surface area contributed by atoms with Gasteiger partial charge in [0.1, 0.15) is 21.8 Å². The standard InChI is InChI=1S/C25H34N4O2S2/c1-6-8-10-28-22(27-14-16(3)11-17(4)15-27)19(18(5)20(13-26)23(28)30)12-21-24(31)29(9-7-2)25(32)33-21/h12,16-17H,6-11,14-15H2,1-5H3. The lowest BCUT2D eigenvalue weighted by atomic mass is 9.91. The second-order valence-corrected chi connectivity index (χ2v) is 11.0. The topological polar surface area (TPSA) is 69.3 Å². The third-order valence-corrected chi connectivity index (χ3v) is 7.72. The monoisotopic (exact) mass is 486 g/mol. The Morgan fingerprint density at radius 2 is 1.82 bits per heavy atom. The SMILES string of the molecule is CCCCn1c(N2CC(C)CC(C)C2)c(C=C2SC(=S)N(CCC)C2=O)c(C)c(C#N)c1=O. The first kappa shape index (κ1) is 25.5. The van der Waals surface area contributed by atoms with E-state index in [-0.39, 0.29) is 17.0 Å². The number of amides is 1. The number of thiocarbonyl (C=S) groups is 1. The average molecular weight is 487 g/mol. The first-order chi connectivity index (χ1) is 15.7. The molecule has 2 fully saturated rings. The highest BCUT2D eigenvalue weighted by Gasteiger charge is 2.33. The molecule has 0 aliphatic carbocycles. The van der Waals surface area contributed by atoms with Crippen molar-refractivity contribution in [3.05, 3.63) is 31.9 Å². The number of pyridine rings is 1. The largest absolute Gasteiger partial charge is 0.357 e. The number of anilines is 1. The third kappa shape index (κ3) is 5.20. The number of hydrogen-bond acceptors (Lipinski definition) is 6. The molecule has 33 heavy (non-hydrogen) atoms. The molecule has 3 heterocycles. The van der Waals surface area contributed by atoms with Crippen molar-refractivity contribution in [2.75, 3.05) is 24.5 Å². The Morgan fingerprint density at radius 1 is 1.15 bits per heavy atom. The first-order valence-corrected chi connectivity index (χ1v) is 13.1. The molecule has 1 amide bonds. The summed E-state index contributed by atoms with van der Waals surface area (Å²) < 4.78 is 2.34. The lowest BCUT2D eigenvalue weighted by molar-refractivity contribution is -0.122. The molecule has 0 N–H and O–H groups in total. The number of nitrogens with zero attached hydrogens (tertiary/aromatic N) is 4. The van der Waals surface area contributed by atoms with E-state index in [9.17, 15) is 14.9 Å². The van der Waals surface area contributed by atoms with Gasteiger partial charge in [0.25, 0.3) is 11.5 Å². The van der Waals surface area contributed by atoms with Crippen molar-refractivity contribution < 1.29 is 4.79 Å². The van der Waals surface area contributed by atoms with Crippen LogP contribution in [0.3, 0.4) is 0 Å². The fourth-order valence-corrected chi connectivity index (χ4v) is 6.18. The number of piperidine rings is 1. The maximum atomic E-state index is 13.4. The number of carbonyl (C=O) groups is 1. The molecule has 0 saturated carbocycles. The van der Waals surface area contributed by atoms with E-state index >= 15 is 0 Å². The Kier molecular flexibility index (Phi) is 8.41. The fourth-order valence-electron chi connectivity index (χ4n) is 4.89. The molecule has 2 saturated heterocycles. The van der Waals surface area contributed by atoms with Gasteiger partial charge in [-0.1, -0.05) is 58.1 Å². The minimum Gasteiger partial charge on any atom is -0.357 e. The molecular weight excluding hydrogens is 452 g/mol. The maximum Gasteiger partial charge on any atom is 0.270 e. The maximum absolute atomic E-state index is 13.4. The molecule has 0 bridgehead atoms. The van der Waals surface area contributed by atoms with Crippen LogP contribution in [0.1, 0.15) is 70.1 Å². The molecule has 3 rings (SSSR count). The Balaban J connectivity index is 2.25. The molecule has 178 valence electrons. The van der Waals surface area contributed by atoms with Crippen molar-refractivity contribution in [2.24, 2.45) is 11.8 Å². The van der Waals surface area contributed by atoms with Crippen LogP contribution >= 0.6 is 24.0 Å². The Bertz CT molecular complexity index is 1060. The predicted octanol–water partition coefficient (Wildman–Crippen LogP) is 4.92. The van der Waals surface area contributed by atoms with Crippen molar-refractivity contribution in [1.29, 1.82) is 5.26 Å². The van der Waals surface area contributed by atoms with E-state index in [0.29, 0.717) is 39.7 Å². The van der Waals surface area contributed by atoms with Crippen LogP contribution in [0.15, 0.2) is 9.70 Å². The molecule has 0 aromatic carbocycles. The number of nitriles is 1. The van der Waals surface area contributed by atoms with Gasteiger partial charge in [-0.3, -0.25) is 19.1 Å². The molecule has 8 heteroatoms. The van der Waals surface area contributed by atoms with Crippen molar-refractivity contribution >= 4 is 46.1 Å². The van der Waals surface area contributed by atoms with E-state index in [2.05, 4.69) is 31.7 Å². The Hall–Kier alpha value is -2.11. The van der Waals surface area contributed by atoms with E-state index < -0.39 is 0 Å². The van der Waals surface area contributed by atoms with Crippen LogP contribution < -0.4 is 10.5 Å². The molecule has 2 aliphatic rings. The highest BCUT2D eigenvalue weighted by atomic mass is 32.2. The van der Waals surface area contributed by atoms with Gasteiger partial charge in [-0.15, -0.1) is 0 Å². The van der Waals surface area contributed by atoms with Gasteiger partial charge in [0, 0.05) is 31.7 Å². The summed E-state index contributed by atoms with van der Waals surface area (Å²) >= 11 is 6.76. The number of carbonyl (C=O) groups excluding carboxylic acids is 1. The normalized spacial score (nSPS) is 22.4. The van der Waals surface area contributed by atoms with Gasteiger partial charge in [-0.2, -0.15) is 5.26 Å². The summed E-state index contributed by atoms with van der Waals surface area (Å²) in [5.41, 5.74) is 1.35. The van der Waals surface area contributed by atoms with E-state index in [0.717, 1.165) is 50.2 Å². The number of aromatic nitrogens is 1. The second-order valence-electron chi connectivity index (χ2n) is 9.34. The van der Waals surface area contributed by atoms with E-state index in [1.54, 1.807) is 9.47 Å². The quantitative estimate of drug-likeness (QED) is 0.402. The number of rotatable bonds is 7. The molecule has 1 aromatic rings. The summed E-state index contributed by atoms with van der Waals surface area (Å²) in [6, 6.07) is 2.13. The van der Waals surface area contributed by atoms with Crippen LogP contribution in [0.5, 0.6) is 0 Å². The van der Waals surface area contributed by atoms with E-state index in [1.807, 2.05) is 19.9 Å². The van der Waals surface area contributed by atoms with Gasteiger partial charge in [0.15, 0.2) is 0 Å². The summed E-state index contributed by atoms with van der Waals surface area (Å²) in [5.74, 6) is 1.73. The van der Waals surface area contributed by atoms with Gasteiger partial charge in [-0.25, -0.2) is 0 Å². The van der Waals surface area contributed by atoms with Crippen LogP contribution in [-0.2, 0) is 11.3 Å². The lowest BCUT2D eigenvalue weighted by Crippen LogP contribution is -2.43. The zero-order valence-corrected chi connectivity index (χ0v) is 21.9. The van der Waals surface area contributed by atoms with Crippen LogP contribution in [0.2, 0.25) is 0 Å².